The van der Waals surface area contributed by atoms with Gasteiger partial charge in [-0.2, -0.15) is 0 Å². The number of benzene rings is 1. The van der Waals surface area contributed by atoms with Crippen molar-refractivity contribution in [1.82, 2.24) is 9.38 Å². The van der Waals surface area contributed by atoms with Crippen LogP contribution in [0.4, 0.5) is 0 Å². The number of para-hydroxylation sites is 1. The zero-order chi connectivity index (χ0) is 11.8. The summed E-state index contributed by atoms with van der Waals surface area (Å²) in [4.78, 5) is 4.58. The van der Waals surface area contributed by atoms with Gasteiger partial charge in [0, 0.05) is 5.92 Å². The van der Waals surface area contributed by atoms with E-state index in [1.54, 1.807) is 0 Å². The van der Waals surface area contributed by atoms with Gasteiger partial charge in [-0.05, 0) is 23.9 Å². The zero-order valence-corrected chi connectivity index (χ0v) is 10.2. The van der Waals surface area contributed by atoms with Crippen LogP contribution in [0, 0.1) is 0 Å². The van der Waals surface area contributed by atoms with E-state index >= 15 is 0 Å². The van der Waals surface area contributed by atoms with Crippen LogP contribution in [-0.4, -0.2) is 9.38 Å². The molecule has 2 heteroatoms. The molecule has 0 radical (unpaired) electrons. The van der Waals surface area contributed by atoms with Gasteiger partial charge in [-0.15, -0.1) is 0 Å². The van der Waals surface area contributed by atoms with E-state index in [0.717, 1.165) is 6.42 Å². The van der Waals surface area contributed by atoms with E-state index in [-0.39, 0.29) is 0 Å². The van der Waals surface area contributed by atoms with E-state index < -0.39 is 0 Å². The minimum absolute atomic E-state index is 0.489. The van der Waals surface area contributed by atoms with Crippen molar-refractivity contribution in [3.8, 4) is 0 Å². The third kappa shape index (κ3) is 1.52. The van der Waals surface area contributed by atoms with Crippen LogP contribution in [0.25, 0.3) is 16.4 Å². The average Bonchev–Trinajstić information content (AvgIpc) is 2.82. The van der Waals surface area contributed by atoms with Gasteiger partial charge in [0.15, 0.2) is 0 Å². The Hall–Kier alpha value is -1.83. The van der Waals surface area contributed by atoms with Crippen LogP contribution >= 0.6 is 0 Å². The Balaban J connectivity index is 2.42. The number of nitrogens with zero attached hydrogens (tertiary/aromatic N) is 2. The molecule has 0 aliphatic carbocycles. The molecule has 1 aromatic carbocycles. The van der Waals surface area contributed by atoms with E-state index in [0.29, 0.717) is 5.92 Å². The molecule has 0 saturated heterocycles. The topological polar surface area (TPSA) is 17.3 Å². The molecular weight excluding hydrogens is 208 g/mol. The molecule has 3 aromatic rings. The first-order valence-electron chi connectivity index (χ1n) is 6.16. The molecule has 0 spiro atoms. The molecule has 17 heavy (non-hydrogen) atoms. The summed E-state index contributed by atoms with van der Waals surface area (Å²) >= 11 is 0. The van der Waals surface area contributed by atoms with Crippen molar-refractivity contribution in [2.75, 3.05) is 0 Å². The normalized spacial score (nSPS) is 13.3. The molecule has 2 aromatic heterocycles. The fraction of sp³-hybridized carbons (Fsp3) is 0.267. The second-order valence-corrected chi connectivity index (χ2v) is 4.58. The molecule has 2 nitrogen and oxygen atoms in total. The molecule has 0 N–H and O–H groups in total. The fourth-order valence-electron chi connectivity index (χ4n) is 2.30. The first-order valence-corrected chi connectivity index (χ1v) is 6.16. The van der Waals surface area contributed by atoms with Gasteiger partial charge in [0.05, 0.1) is 17.2 Å². The summed E-state index contributed by atoms with van der Waals surface area (Å²) in [5.74, 6) is 1.66. The molecule has 0 bridgehead atoms. The summed E-state index contributed by atoms with van der Waals surface area (Å²) in [5.41, 5.74) is 2.43. The molecular formula is C15H16N2. The van der Waals surface area contributed by atoms with Crippen LogP contribution < -0.4 is 0 Å². The Kier molecular flexibility index (Phi) is 2.36. The number of imidazole rings is 1. The second kappa shape index (κ2) is 3.88. The highest BCUT2D eigenvalue weighted by Crippen LogP contribution is 2.24. The summed E-state index contributed by atoms with van der Waals surface area (Å²) in [6.07, 6.45) is 3.08. The summed E-state index contributed by atoms with van der Waals surface area (Å²) in [5, 5.41) is 1.27. The number of aromatic nitrogens is 2. The Labute approximate surface area is 101 Å². The van der Waals surface area contributed by atoms with Crippen molar-refractivity contribution in [3.05, 3.63) is 48.4 Å². The molecule has 3 rings (SSSR count). The van der Waals surface area contributed by atoms with E-state index in [9.17, 15) is 0 Å². The first-order chi connectivity index (χ1) is 8.31. The van der Waals surface area contributed by atoms with Crippen LogP contribution in [0.15, 0.2) is 42.6 Å². The van der Waals surface area contributed by atoms with Gasteiger partial charge in [-0.3, -0.25) is 4.40 Å². The first kappa shape index (κ1) is 10.3. The summed E-state index contributed by atoms with van der Waals surface area (Å²) in [6, 6.07) is 12.8. The lowest BCUT2D eigenvalue weighted by atomic mass is 10.1. The van der Waals surface area contributed by atoms with E-state index in [1.165, 1.54) is 22.2 Å². The fourth-order valence-corrected chi connectivity index (χ4v) is 2.30. The Morgan fingerprint density at radius 3 is 2.82 bits per heavy atom. The molecule has 2 heterocycles. The Morgan fingerprint density at radius 1 is 1.18 bits per heavy atom. The molecule has 0 fully saturated rings. The van der Waals surface area contributed by atoms with E-state index in [4.69, 9.17) is 0 Å². The lowest BCUT2D eigenvalue weighted by molar-refractivity contribution is 0.680. The highest BCUT2D eigenvalue weighted by atomic mass is 15.0. The maximum atomic E-state index is 4.58. The molecule has 86 valence electrons. The second-order valence-electron chi connectivity index (χ2n) is 4.58. The van der Waals surface area contributed by atoms with Crippen LogP contribution in [-0.2, 0) is 0 Å². The van der Waals surface area contributed by atoms with Crippen molar-refractivity contribution in [2.45, 2.75) is 26.2 Å². The molecule has 1 unspecified atom stereocenters. The monoisotopic (exact) mass is 224 g/mol. The van der Waals surface area contributed by atoms with Crippen molar-refractivity contribution in [2.24, 2.45) is 0 Å². The summed E-state index contributed by atoms with van der Waals surface area (Å²) in [6.45, 7) is 4.44. The van der Waals surface area contributed by atoms with Crippen LogP contribution in [0.1, 0.15) is 32.0 Å². The molecule has 0 aliphatic rings. The van der Waals surface area contributed by atoms with Gasteiger partial charge in [-0.25, -0.2) is 4.98 Å². The summed E-state index contributed by atoms with van der Waals surface area (Å²) in [7, 11) is 0. The minimum Gasteiger partial charge on any atom is -0.296 e. The number of rotatable bonds is 2. The smallest absolute Gasteiger partial charge is 0.116 e. The molecule has 0 amide bonds. The number of fused-ring (bicyclic) bond motifs is 3. The average molecular weight is 224 g/mol. The number of hydrogen-bond acceptors (Lipinski definition) is 1. The Bertz CT molecular complexity index is 667. The van der Waals surface area contributed by atoms with E-state index in [1.807, 2.05) is 6.20 Å². The maximum absolute atomic E-state index is 4.58. The predicted molar refractivity (Wildman–Crippen MR) is 71.4 cm³/mol. The maximum Gasteiger partial charge on any atom is 0.116 e. The van der Waals surface area contributed by atoms with Gasteiger partial charge >= 0.3 is 0 Å². The van der Waals surface area contributed by atoms with Crippen molar-refractivity contribution in [1.29, 1.82) is 0 Å². The van der Waals surface area contributed by atoms with Gasteiger partial charge in [0.25, 0.3) is 0 Å². The van der Waals surface area contributed by atoms with Crippen molar-refractivity contribution in [3.63, 3.8) is 0 Å². The lowest BCUT2D eigenvalue weighted by Crippen LogP contribution is -2.00. The van der Waals surface area contributed by atoms with E-state index in [2.05, 4.69) is 59.6 Å². The van der Waals surface area contributed by atoms with Gasteiger partial charge in [-0.1, -0.05) is 38.1 Å². The highest BCUT2D eigenvalue weighted by Gasteiger charge is 2.11. The Morgan fingerprint density at radius 2 is 2.00 bits per heavy atom. The molecule has 1 atom stereocenters. The van der Waals surface area contributed by atoms with Gasteiger partial charge in [0.2, 0.25) is 0 Å². The number of hydrogen-bond donors (Lipinski definition) is 0. The number of pyridine rings is 1. The summed E-state index contributed by atoms with van der Waals surface area (Å²) < 4.78 is 2.28. The molecule has 0 saturated carbocycles. The standard InChI is InChI=1S/C15H16N2/c1-3-11(2)15-16-10-13-9-8-12-6-4-5-7-14(12)17(13)15/h4-11H,3H2,1-2H3. The van der Waals surface area contributed by atoms with Gasteiger partial charge < -0.3 is 0 Å². The SMILES string of the molecule is CCC(C)c1ncc2ccc3ccccc3n12. The largest absolute Gasteiger partial charge is 0.296 e. The minimum atomic E-state index is 0.489. The van der Waals surface area contributed by atoms with Crippen LogP contribution in [0.2, 0.25) is 0 Å². The highest BCUT2D eigenvalue weighted by molar-refractivity contribution is 5.82. The van der Waals surface area contributed by atoms with Crippen molar-refractivity contribution >= 4 is 16.4 Å². The predicted octanol–water partition coefficient (Wildman–Crippen LogP) is 4.00. The lowest BCUT2D eigenvalue weighted by Gasteiger charge is -2.10. The third-order valence-electron chi connectivity index (χ3n) is 3.48. The van der Waals surface area contributed by atoms with Crippen LogP contribution in [0.5, 0.6) is 0 Å². The van der Waals surface area contributed by atoms with Crippen molar-refractivity contribution < 1.29 is 0 Å². The van der Waals surface area contributed by atoms with Crippen LogP contribution in [0.3, 0.4) is 0 Å². The molecule has 0 aliphatic heterocycles. The van der Waals surface area contributed by atoms with Gasteiger partial charge in [0.1, 0.15) is 5.82 Å². The quantitative estimate of drug-likeness (QED) is 0.643. The third-order valence-corrected chi connectivity index (χ3v) is 3.48. The zero-order valence-electron chi connectivity index (χ0n) is 10.2.